The molecule has 5 nitrogen and oxygen atoms in total. The van der Waals surface area contributed by atoms with Gasteiger partial charge in [0.25, 0.3) is 0 Å². The third-order valence-corrected chi connectivity index (χ3v) is 6.15. The predicted octanol–water partition coefficient (Wildman–Crippen LogP) is 0.250. The highest BCUT2D eigenvalue weighted by molar-refractivity contribution is 8.13. The molecule has 0 unspecified atom stereocenters. The number of hydrogen-bond acceptors (Lipinski definition) is 4. The number of amides is 1. The molecule has 1 amide bonds. The number of aliphatic hydroxyl groups is 1. The maximum atomic E-state index is 11.8. The predicted molar refractivity (Wildman–Crippen MR) is 103 cm³/mol. The minimum atomic E-state index is -0.458. The Morgan fingerprint density at radius 3 is 2.65 bits per heavy atom. The van der Waals surface area contributed by atoms with E-state index in [0.29, 0.717) is 24.4 Å². The van der Waals surface area contributed by atoms with Gasteiger partial charge in [-0.25, -0.2) is 9.37 Å². The van der Waals surface area contributed by atoms with Crippen LogP contribution in [0.25, 0.3) is 0 Å². The number of carbonyl (C=O) groups excluding carboxylic acids is 1. The van der Waals surface area contributed by atoms with Gasteiger partial charge in [-0.05, 0) is 39.9 Å². The zero-order valence-corrected chi connectivity index (χ0v) is 19.6. The number of alkyl carbamates (subject to hydrolysis) is 1. The molecule has 0 spiro atoms. The van der Waals surface area contributed by atoms with Gasteiger partial charge < -0.3 is 39.1 Å². The molecular weight excluding hydrogens is 463 g/mol. The van der Waals surface area contributed by atoms with Gasteiger partial charge in [0, 0.05) is 31.9 Å². The van der Waals surface area contributed by atoms with Crippen LogP contribution in [0.2, 0.25) is 0 Å². The minimum Gasteiger partial charge on any atom is -1.00 e. The van der Waals surface area contributed by atoms with Crippen LogP contribution in [0.1, 0.15) is 59.3 Å². The SMILES string of the molecule is CSC1=[N+](CCCNC(=O)OC(C)(C)C)[C@@H](CCO)[C@@H]2CCCC[C@H]12.[I-]. The molecule has 1 aliphatic carbocycles. The van der Waals surface area contributed by atoms with Crippen molar-refractivity contribution in [1.29, 1.82) is 0 Å². The molecule has 1 saturated carbocycles. The Balaban J connectivity index is 0.00000338. The van der Waals surface area contributed by atoms with E-state index in [1.165, 1.54) is 30.7 Å². The Morgan fingerprint density at radius 2 is 2.04 bits per heavy atom. The zero-order chi connectivity index (χ0) is 18.4. The molecule has 1 aliphatic heterocycles. The molecule has 1 heterocycles. The quantitative estimate of drug-likeness (QED) is 0.313. The average molecular weight is 498 g/mol. The number of nitrogens with one attached hydrogen (secondary N) is 1. The van der Waals surface area contributed by atoms with Crippen LogP contribution >= 0.6 is 11.8 Å². The number of aliphatic hydroxyl groups excluding tert-OH is 1. The summed E-state index contributed by atoms with van der Waals surface area (Å²) in [4.78, 5) is 11.8. The molecule has 3 atom stereocenters. The number of hydrogen-bond donors (Lipinski definition) is 2. The second kappa shape index (κ2) is 11.1. The fraction of sp³-hybridized carbons (Fsp3) is 0.895. The Kier molecular flexibility index (Phi) is 10.3. The molecule has 0 radical (unpaired) electrons. The Hall–Kier alpha value is -0.0200. The van der Waals surface area contributed by atoms with Crippen molar-refractivity contribution in [3.63, 3.8) is 0 Å². The fourth-order valence-electron chi connectivity index (χ4n) is 4.34. The first-order valence-corrected chi connectivity index (χ1v) is 10.8. The third kappa shape index (κ3) is 6.55. The Bertz CT molecular complexity index is 494. The summed E-state index contributed by atoms with van der Waals surface area (Å²) in [6, 6.07) is 0.458. The summed E-state index contributed by atoms with van der Waals surface area (Å²) in [5.74, 6) is 1.38. The second-order valence-electron chi connectivity index (χ2n) is 8.15. The molecule has 26 heavy (non-hydrogen) atoms. The van der Waals surface area contributed by atoms with E-state index in [9.17, 15) is 9.90 Å². The van der Waals surface area contributed by atoms with Crippen LogP contribution in [0.15, 0.2) is 0 Å². The lowest BCUT2D eigenvalue weighted by molar-refractivity contribution is -0.563. The van der Waals surface area contributed by atoms with Crippen molar-refractivity contribution in [2.45, 2.75) is 70.9 Å². The van der Waals surface area contributed by atoms with Crippen LogP contribution in [0.4, 0.5) is 4.79 Å². The number of fused-ring (bicyclic) bond motifs is 1. The highest BCUT2D eigenvalue weighted by atomic mass is 127. The highest BCUT2D eigenvalue weighted by Crippen LogP contribution is 2.42. The van der Waals surface area contributed by atoms with Crippen LogP contribution < -0.4 is 29.3 Å². The first kappa shape index (κ1) is 24.0. The van der Waals surface area contributed by atoms with Gasteiger partial charge >= 0.3 is 6.09 Å². The number of thioether (sulfide) groups is 1. The molecule has 0 bridgehead atoms. The lowest BCUT2D eigenvalue weighted by Crippen LogP contribution is -3.00. The zero-order valence-electron chi connectivity index (χ0n) is 16.6. The summed E-state index contributed by atoms with van der Waals surface area (Å²) in [7, 11) is 0. The van der Waals surface area contributed by atoms with Gasteiger partial charge in [-0.3, -0.25) is 0 Å². The lowest BCUT2D eigenvalue weighted by atomic mass is 9.77. The Labute approximate surface area is 179 Å². The van der Waals surface area contributed by atoms with Crippen molar-refractivity contribution >= 4 is 22.9 Å². The summed E-state index contributed by atoms with van der Waals surface area (Å²) < 4.78 is 7.81. The molecule has 2 rings (SSSR count). The van der Waals surface area contributed by atoms with E-state index >= 15 is 0 Å². The molecule has 7 heteroatoms. The van der Waals surface area contributed by atoms with E-state index < -0.39 is 5.60 Å². The van der Waals surface area contributed by atoms with Gasteiger partial charge in [0.1, 0.15) is 12.1 Å². The van der Waals surface area contributed by atoms with Gasteiger partial charge in [-0.15, -0.1) is 0 Å². The summed E-state index contributed by atoms with van der Waals surface area (Å²) in [6.45, 7) is 7.42. The number of ether oxygens (including phenoxy) is 1. The largest absolute Gasteiger partial charge is 1.00 e. The molecule has 1 fully saturated rings. The van der Waals surface area contributed by atoms with E-state index in [2.05, 4.69) is 16.1 Å². The topological polar surface area (TPSA) is 61.6 Å². The molecule has 2 aliphatic rings. The van der Waals surface area contributed by atoms with Crippen molar-refractivity contribution < 1.29 is 43.2 Å². The summed E-state index contributed by atoms with van der Waals surface area (Å²) >= 11 is 1.88. The standard InChI is InChI=1S/C19H34N2O3S.HI/c1-19(2,3)24-18(23)20-11-7-12-21-16(10-13-22)14-8-5-6-9-15(14)17(21)25-4;/h14-16,22H,5-13H2,1-4H3;1H/t14-,15+,16+;/m1./s1. The Morgan fingerprint density at radius 1 is 1.35 bits per heavy atom. The van der Waals surface area contributed by atoms with Crippen LogP contribution in [0.5, 0.6) is 0 Å². The van der Waals surface area contributed by atoms with E-state index in [1.807, 2.05) is 32.5 Å². The van der Waals surface area contributed by atoms with Gasteiger partial charge in [-0.2, -0.15) is 0 Å². The highest BCUT2D eigenvalue weighted by Gasteiger charge is 2.49. The molecule has 0 aromatic rings. The smallest absolute Gasteiger partial charge is 0.407 e. The van der Waals surface area contributed by atoms with Crippen molar-refractivity contribution in [2.24, 2.45) is 11.8 Å². The summed E-state index contributed by atoms with van der Waals surface area (Å²) in [6.07, 6.45) is 8.79. The monoisotopic (exact) mass is 498 g/mol. The van der Waals surface area contributed by atoms with Crippen LogP contribution in [-0.4, -0.2) is 58.4 Å². The van der Waals surface area contributed by atoms with Crippen LogP contribution in [-0.2, 0) is 4.74 Å². The number of nitrogens with zero attached hydrogens (tertiary/aromatic N) is 1. The molecular formula is C19H35IN2O3S. The average Bonchev–Trinajstić information content (AvgIpc) is 2.83. The normalized spacial score (nSPS) is 25.5. The van der Waals surface area contributed by atoms with Gasteiger partial charge in [-0.1, -0.05) is 24.6 Å². The molecule has 152 valence electrons. The van der Waals surface area contributed by atoms with Gasteiger partial charge in [0.05, 0.1) is 5.92 Å². The maximum Gasteiger partial charge on any atom is 0.407 e. The van der Waals surface area contributed by atoms with E-state index in [0.717, 1.165) is 19.4 Å². The number of carbonyl (C=O) groups is 1. The van der Waals surface area contributed by atoms with Crippen LogP contribution in [0.3, 0.4) is 0 Å². The first-order valence-electron chi connectivity index (χ1n) is 9.62. The maximum absolute atomic E-state index is 11.8. The van der Waals surface area contributed by atoms with Crippen LogP contribution in [0, 0.1) is 11.8 Å². The molecule has 0 aromatic carbocycles. The third-order valence-electron chi connectivity index (χ3n) is 5.19. The van der Waals surface area contributed by atoms with Crippen molar-refractivity contribution in [1.82, 2.24) is 5.32 Å². The number of halogens is 1. The second-order valence-corrected chi connectivity index (χ2v) is 8.98. The van der Waals surface area contributed by atoms with Crippen molar-refractivity contribution in [3.8, 4) is 0 Å². The molecule has 0 aromatic heterocycles. The lowest BCUT2D eigenvalue weighted by Gasteiger charge is -2.25. The molecule has 0 saturated heterocycles. The van der Waals surface area contributed by atoms with Gasteiger partial charge in [0.2, 0.25) is 5.04 Å². The van der Waals surface area contributed by atoms with Crippen molar-refractivity contribution in [2.75, 3.05) is 26.0 Å². The number of rotatable bonds is 6. The van der Waals surface area contributed by atoms with E-state index in [4.69, 9.17) is 4.74 Å². The van der Waals surface area contributed by atoms with E-state index in [1.54, 1.807) is 0 Å². The summed E-state index contributed by atoms with van der Waals surface area (Å²) in [5, 5.41) is 13.9. The van der Waals surface area contributed by atoms with Crippen molar-refractivity contribution in [3.05, 3.63) is 0 Å². The first-order chi connectivity index (χ1) is 11.9. The fourth-order valence-corrected chi connectivity index (χ4v) is 5.39. The minimum absolute atomic E-state index is 0. The van der Waals surface area contributed by atoms with Gasteiger partial charge in [0.15, 0.2) is 6.04 Å². The van der Waals surface area contributed by atoms with E-state index in [-0.39, 0.29) is 36.7 Å². The summed E-state index contributed by atoms with van der Waals surface area (Å²) in [5.41, 5.74) is -0.458. The molecule has 2 N–H and O–H groups in total.